The van der Waals surface area contributed by atoms with E-state index in [2.05, 4.69) is 42.0 Å². The highest BCUT2D eigenvalue weighted by molar-refractivity contribution is 14.1. The summed E-state index contributed by atoms with van der Waals surface area (Å²) in [7, 11) is 0. The maximum Gasteiger partial charge on any atom is 0.258 e. The van der Waals surface area contributed by atoms with Gasteiger partial charge in [0, 0.05) is 16.9 Å². The largest absolute Gasteiger partial charge is 0.322 e. The van der Waals surface area contributed by atoms with E-state index >= 15 is 0 Å². The van der Waals surface area contributed by atoms with Gasteiger partial charge in [-0.1, -0.05) is 62.4 Å². The number of aromatic nitrogens is 1. The summed E-state index contributed by atoms with van der Waals surface area (Å²) in [4.78, 5) is 13.6. The van der Waals surface area contributed by atoms with Crippen molar-refractivity contribution in [1.29, 1.82) is 0 Å². The molecule has 1 aromatic heterocycles. The van der Waals surface area contributed by atoms with Crippen LogP contribution in [-0.4, -0.2) is 8.69 Å². The summed E-state index contributed by atoms with van der Waals surface area (Å²) in [6.07, 6.45) is 0. The molecule has 0 spiro atoms. The second-order valence-corrected chi connectivity index (χ2v) is 8.58. The van der Waals surface area contributed by atoms with Gasteiger partial charge in [0.25, 0.3) is 5.91 Å². The van der Waals surface area contributed by atoms with Gasteiger partial charge in [-0.3, -0.25) is 7.58 Å². The molecule has 0 atom stereocenters. The quantitative estimate of drug-likeness (QED) is 0.269. The second-order valence-electron chi connectivity index (χ2n) is 7.61. The molecule has 5 heteroatoms. The Kier molecular flexibility index (Phi) is 6.23. The number of carbonyl (C=O) groups is 1. The van der Waals surface area contributed by atoms with Crippen LogP contribution in [0.1, 0.15) is 35.8 Å². The number of para-hydroxylation sites is 1. The summed E-state index contributed by atoms with van der Waals surface area (Å²) in [6, 6.07) is 25.7. The van der Waals surface area contributed by atoms with E-state index in [1.165, 1.54) is 12.1 Å². The van der Waals surface area contributed by atoms with Crippen LogP contribution in [-0.2, 0) is 0 Å². The molecule has 4 rings (SSSR count). The number of halogens is 2. The summed E-state index contributed by atoms with van der Waals surface area (Å²) in [5.74, 6) is -0.347. The van der Waals surface area contributed by atoms with Crippen LogP contribution in [0.2, 0.25) is 0 Å². The molecule has 0 saturated heterocycles. The van der Waals surface area contributed by atoms with Gasteiger partial charge in [0.2, 0.25) is 0 Å². The Labute approximate surface area is 195 Å². The third kappa shape index (κ3) is 4.28. The standard InChI is InChI=1S/C26H22FIN2O/c1-17(2)24-23(26(31)29-21-11-7-4-8-12-21)22(18-9-5-3-6-10-18)25(30(24)28)19-13-15-20(27)16-14-19/h3-17H,1-2H3,(H,29,31). The number of nitrogens with zero attached hydrogens (tertiary/aromatic N) is 1. The third-order valence-electron chi connectivity index (χ3n) is 5.14. The molecule has 1 heterocycles. The molecule has 0 unspecified atom stereocenters. The molecule has 3 nitrogen and oxygen atoms in total. The Morgan fingerprint density at radius 1 is 0.871 bits per heavy atom. The first-order valence-electron chi connectivity index (χ1n) is 10.1. The number of carbonyl (C=O) groups excluding carboxylic acids is 1. The van der Waals surface area contributed by atoms with E-state index in [1.807, 2.05) is 63.4 Å². The fourth-order valence-electron chi connectivity index (χ4n) is 3.77. The predicted octanol–water partition coefficient (Wildman–Crippen LogP) is 7.54. The van der Waals surface area contributed by atoms with Crippen molar-refractivity contribution in [3.05, 3.63) is 102 Å². The third-order valence-corrected chi connectivity index (χ3v) is 6.14. The van der Waals surface area contributed by atoms with Crippen LogP contribution < -0.4 is 5.32 Å². The van der Waals surface area contributed by atoms with Gasteiger partial charge in [-0.2, -0.15) is 0 Å². The number of anilines is 1. The highest BCUT2D eigenvalue weighted by Crippen LogP contribution is 2.43. The van der Waals surface area contributed by atoms with Gasteiger partial charge in [-0.15, -0.1) is 0 Å². The maximum absolute atomic E-state index is 13.6. The summed E-state index contributed by atoms with van der Waals surface area (Å²) in [5.41, 5.74) is 5.83. The van der Waals surface area contributed by atoms with Gasteiger partial charge in [-0.05, 0) is 53.4 Å². The molecule has 0 saturated carbocycles. The predicted molar refractivity (Wildman–Crippen MR) is 133 cm³/mol. The Hall–Kier alpha value is -2.93. The van der Waals surface area contributed by atoms with Crippen molar-refractivity contribution in [2.45, 2.75) is 19.8 Å². The number of benzene rings is 3. The molecule has 0 aliphatic rings. The molecule has 1 N–H and O–H groups in total. The second kappa shape index (κ2) is 9.06. The Morgan fingerprint density at radius 2 is 1.45 bits per heavy atom. The summed E-state index contributed by atoms with van der Waals surface area (Å²) in [5, 5.41) is 3.05. The first-order valence-corrected chi connectivity index (χ1v) is 11.1. The zero-order valence-electron chi connectivity index (χ0n) is 17.3. The summed E-state index contributed by atoms with van der Waals surface area (Å²) in [6.45, 7) is 4.15. The molecule has 0 radical (unpaired) electrons. The van der Waals surface area contributed by atoms with Crippen LogP contribution >= 0.6 is 22.9 Å². The molecule has 0 aliphatic carbocycles. The number of rotatable bonds is 5. The smallest absolute Gasteiger partial charge is 0.258 e. The van der Waals surface area contributed by atoms with E-state index in [0.717, 1.165) is 33.8 Å². The van der Waals surface area contributed by atoms with Crippen molar-refractivity contribution in [3.8, 4) is 22.4 Å². The maximum atomic E-state index is 13.6. The molecule has 1 amide bonds. The lowest BCUT2D eigenvalue weighted by molar-refractivity contribution is 0.102. The van der Waals surface area contributed by atoms with Crippen molar-refractivity contribution in [3.63, 3.8) is 0 Å². The highest BCUT2D eigenvalue weighted by Gasteiger charge is 2.29. The fraction of sp³-hybridized carbons (Fsp3) is 0.115. The minimum Gasteiger partial charge on any atom is -0.322 e. The number of hydrogen-bond acceptors (Lipinski definition) is 1. The average Bonchev–Trinajstić information content (AvgIpc) is 3.09. The van der Waals surface area contributed by atoms with Crippen LogP contribution in [0.4, 0.5) is 10.1 Å². The zero-order chi connectivity index (χ0) is 22.0. The van der Waals surface area contributed by atoms with E-state index in [1.54, 1.807) is 12.1 Å². The number of hydrogen-bond donors (Lipinski definition) is 1. The summed E-state index contributed by atoms with van der Waals surface area (Å²) < 4.78 is 15.7. The van der Waals surface area contributed by atoms with E-state index < -0.39 is 0 Å². The van der Waals surface area contributed by atoms with Gasteiger partial charge < -0.3 is 5.32 Å². The topological polar surface area (TPSA) is 34.0 Å². The fourth-order valence-corrected chi connectivity index (χ4v) is 5.09. The van der Waals surface area contributed by atoms with Gasteiger partial charge in [0.05, 0.1) is 34.1 Å². The normalized spacial score (nSPS) is 11.0. The van der Waals surface area contributed by atoms with Gasteiger partial charge in [0.15, 0.2) is 0 Å². The van der Waals surface area contributed by atoms with Gasteiger partial charge in [0.1, 0.15) is 5.82 Å². The first kappa shape index (κ1) is 21.3. The lowest BCUT2D eigenvalue weighted by Crippen LogP contribution is -2.15. The van der Waals surface area contributed by atoms with Crippen LogP contribution in [0, 0.1) is 5.82 Å². The van der Waals surface area contributed by atoms with Crippen molar-refractivity contribution < 1.29 is 9.18 Å². The van der Waals surface area contributed by atoms with Gasteiger partial charge >= 0.3 is 0 Å². The Balaban J connectivity index is 1.99. The highest BCUT2D eigenvalue weighted by atomic mass is 127. The Morgan fingerprint density at radius 3 is 2.03 bits per heavy atom. The molecule has 0 aliphatic heterocycles. The molecule has 4 aromatic rings. The summed E-state index contributed by atoms with van der Waals surface area (Å²) >= 11 is 2.25. The van der Waals surface area contributed by atoms with E-state index in [4.69, 9.17) is 0 Å². The average molecular weight is 524 g/mol. The monoisotopic (exact) mass is 524 g/mol. The van der Waals surface area contributed by atoms with Crippen molar-refractivity contribution in [2.24, 2.45) is 0 Å². The molecule has 156 valence electrons. The minimum atomic E-state index is -0.289. The first-order chi connectivity index (χ1) is 15.0. The molecule has 3 aromatic carbocycles. The molecule has 0 fully saturated rings. The van der Waals surface area contributed by atoms with Crippen molar-refractivity contribution in [1.82, 2.24) is 2.78 Å². The Bertz CT molecular complexity index is 1200. The lowest BCUT2D eigenvalue weighted by atomic mass is 9.94. The molecule has 0 bridgehead atoms. The number of nitrogens with one attached hydrogen (secondary N) is 1. The SMILES string of the molecule is CC(C)c1c(C(=O)Nc2ccccc2)c(-c2ccccc2)c(-c2ccc(F)cc2)n1I. The molecular weight excluding hydrogens is 502 g/mol. The van der Waals surface area contributed by atoms with E-state index in [9.17, 15) is 9.18 Å². The van der Waals surface area contributed by atoms with Crippen LogP contribution in [0.25, 0.3) is 22.4 Å². The van der Waals surface area contributed by atoms with Crippen molar-refractivity contribution >= 4 is 34.5 Å². The van der Waals surface area contributed by atoms with E-state index in [0.29, 0.717) is 5.56 Å². The minimum absolute atomic E-state index is 0.102. The van der Waals surface area contributed by atoms with Crippen LogP contribution in [0.15, 0.2) is 84.9 Å². The number of amides is 1. The van der Waals surface area contributed by atoms with Crippen LogP contribution in [0.3, 0.4) is 0 Å². The molecule has 31 heavy (non-hydrogen) atoms. The van der Waals surface area contributed by atoms with Crippen LogP contribution in [0.5, 0.6) is 0 Å². The van der Waals surface area contributed by atoms with E-state index in [-0.39, 0.29) is 17.6 Å². The zero-order valence-corrected chi connectivity index (χ0v) is 19.4. The van der Waals surface area contributed by atoms with Crippen molar-refractivity contribution in [2.75, 3.05) is 5.32 Å². The lowest BCUT2D eigenvalue weighted by Gasteiger charge is -2.12. The molecular formula is C26H22FIN2O. The van der Waals surface area contributed by atoms with Gasteiger partial charge in [-0.25, -0.2) is 4.39 Å².